The molecular weight excluding hydrogens is 332 g/mol. The Morgan fingerprint density at radius 1 is 1.22 bits per heavy atom. The van der Waals surface area contributed by atoms with Gasteiger partial charge in [0.05, 0.1) is 29.4 Å². The molecule has 0 heterocycles. The molecule has 0 amide bonds. The zero-order valence-corrected chi connectivity index (χ0v) is 14.4. The third kappa shape index (κ3) is 4.68. The van der Waals surface area contributed by atoms with Gasteiger partial charge in [-0.25, -0.2) is 4.79 Å². The van der Waals surface area contributed by atoms with Crippen LogP contribution in [0.15, 0.2) is 48.5 Å². The highest BCUT2D eigenvalue weighted by Crippen LogP contribution is 2.23. The molecule has 2 rings (SSSR count). The molecule has 0 aliphatic rings. The quantitative estimate of drug-likeness (QED) is 0.641. The summed E-state index contributed by atoms with van der Waals surface area (Å²) in [5.74, 6) is -0.429. The number of hydrogen-bond acceptors (Lipinski definition) is 3. The number of carbonyl (C=O) groups excluding carboxylic acids is 1. The Bertz CT molecular complexity index is 707. The molecule has 0 saturated heterocycles. The first-order valence-electron chi connectivity index (χ1n) is 7.01. The van der Waals surface area contributed by atoms with Gasteiger partial charge in [0.15, 0.2) is 5.11 Å². The van der Waals surface area contributed by atoms with Gasteiger partial charge in [0, 0.05) is 0 Å². The van der Waals surface area contributed by atoms with Crippen LogP contribution in [0.5, 0.6) is 0 Å². The summed E-state index contributed by atoms with van der Waals surface area (Å²) in [5.41, 5.74) is 2.07. The van der Waals surface area contributed by atoms with E-state index < -0.39 is 5.97 Å². The van der Waals surface area contributed by atoms with Crippen molar-refractivity contribution in [3.05, 3.63) is 64.7 Å². The molecule has 0 radical (unpaired) electrons. The molecule has 0 spiro atoms. The van der Waals surface area contributed by atoms with Crippen molar-refractivity contribution in [1.82, 2.24) is 5.32 Å². The molecule has 2 N–H and O–H groups in total. The second-order valence-corrected chi connectivity index (χ2v) is 5.73. The average molecular weight is 349 g/mol. The first-order valence-corrected chi connectivity index (χ1v) is 7.80. The van der Waals surface area contributed by atoms with Crippen LogP contribution in [0.1, 0.15) is 28.9 Å². The van der Waals surface area contributed by atoms with E-state index in [0.717, 1.165) is 5.56 Å². The van der Waals surface area contributed by atoms with Crippen LogP contribution in [0.25, 0.3) is 0 Å². The van der Waals surface area contributed by atoms with Crippen LogP contribution < -0.4 is 10.6 Å². The number of methoxy groups -OCH3 is 1. The van der Waals surface area contributed by atoms with Gasteiger partial charge in [-0.15, -0.1) is 0 Å². The van der Waals surface area contributed by atoms with Crippen molar-refractivity contribution in [1.29, 1.82) is 0 Å². The predicted molar refractivity (Wildman–Crippen MR) is 97.0 cm³/mol. The number of carbonyl (C=O) groups is 1. The highest BCUT2D eigenvalue weighted by atomic mass is 35.5. The third-order valence-electron chi connectivity index (χ3n) is 3.28. The molecule has 0 aromatic heterocycles. The highest BCUT2D eigenvalue weighted by Gasteiger charge is 2.11. The molecule has 2 aromatic carbocycles. The molecule has 6 heteroatoms. The van der Waals surface area contributed by atoms with E-state index in [1.54, 1.807) is 18.2 Å². The molecule has 1 atom stereocenters. The summed E-state index contributed by atoms with van der Waals surface area (Å²) in [7, 11) is 1.33. The van der Waals surface area contributed by atoms with Crippen LogP contribution in [0, 0.1) is 0 Å². The molecule has 23 heavy (non-hydrogen) atoms. The fourth-order valence-corrected chi connectivity index (χ4v) is 2.50. The molecule has 0 aliphatic heterocycles. The standard InChI is InChI=1S/C17H17ClN2O2S/c1-11(12-6-4-3-5-7-12)19-17(23)20-15-10-13(16(21)22-2)8-9-14(15)18/h3-11H,1-2H3,(H2,19,20,23). The number of hydrogen-bond donors (Lipinski definition) is 2. The van der Waals surface area contributed by atoms with Crippen LogP contribution in [-0.4, -0.2) is 18.2 Å². The number of benzene rings is 2. The molecule has 2 aromatic rings. The lowest BCUT2D eigenvalue weighted by atomic mass is 10.1. The lowest BCUT2D eigenvalue weighted by molar-refractivity contribution is 0.0601. The first kappa shape index (κ1) is 17.2. The van der Waals surface area contributed by atoms with Crippen molar-refractivity contribution >= 4 is 40.6 Å². The summed E-state index contributed by atoms with van der Waals surface area (Å²) in [6.45, 7) is 2.01. The summed E-state index contributed by atoms with van der Waals surface area (Å²) >= 11 is 11.5. The minimum Gasteiger partial charge on any atom is -0.465 e. The second-order valence-electron chi connectivity index (χ2n) is 4.92. The molecule has 1 unspecified atom stereocenters. The molecule has 120 valence electrons. The fourth-order valence-electron chi connectivity index (χ4n) is 2.05. The zero-order valence-electron chi connectivity index (χ0n) is 12.8. The van der Waals surface area contributed by atoms with E-state index in [2.05, 4.69) is 10.6 Å². The van der Waals surface area contributed by atoms with Gasteiger partial charge < -0.3 is 15.4 Å². The Morgan fingerprint density at radius 2 is 1.91 bits per heavy atom. The number of nitrogens with one attached hydrogen (secondary N) is 2. The maximum atomic E-state index is 11.6. The first-order chi connectivity index (χ1) is 11.0. The smallest absolute Gasteiger partial charge is 0.337 e. The number of esters is 1. The summed E-state index contributed by atoms with van der Waals surface area (Å²) in [4.78, 5) is 11.6. The largest absolute Gasteiger partial charge is 0.465 e. The van der Waals surface area contributed by atoms with Crippen molar-refractivity contribution in [2.45, 2.75) is 13.0 Å². The number of halogens is 1. The van der Waals surface area contributed by atoms with E-state index in [1.165, 1.54) is 7.11 Å². The van der Waals surface area contributed by atoms with Gasteiger partial charge in [0.2, 0.25) is 0 Å². The fraction of sp³-hybridized carbons (Fsp3) is 0.176. The minimum absolute atomic E-state index is 0.0405. The zero-order chi connectivity index (χ0) is 16.8. The van der Waals surface area contributed by atoms with E-state index in [9.17, 15) is 4.79 Å². The van der Waals surface area contributed by atoms with Crippen molar-refractivity contribution in [3.63, 3.8) is 0 Å². The summed E-state index contributed by atoms with van der Waals surface area (Å²) in [6, 6.07) is 14.8. The maximum Gasteiger partial charge on any atom is 0.337 e. The Kier molecular flexibility index (Phi) is 5.96. The Morgan fingerprint density at radius 3 is 2.57 bits per heavy atom. The van der Waals surface area contributed by atoms with Crippen molar-refractivity contribution < 1.29 is 9.53 Å². The number of rotatable bonds is 4. The van der Waals surface area contributed by atoms with Crippen LogP contribution >= 0.6 is 23.8 Å². The van der Waals surface area contributed by atoms with Crippen molar-refractivity contribution in [2.75, 3.05) is 12.4 Å². The monoisotopic (exact) mass is 348 g/mol. The van der Waals surface area contributed by atoms with Crippen LogP contribution in [0.2, 0.25) is 5.02 Å². The van der Waals surface area contributed by atoms with E-state index in [1.807, 2.05) is 37.3 Å². The second kappa shape index (κ2) is 7.94. The normalized spacial score (nSPS) is 11.4. The molecule has 0 bridgehead atoms. The van der Waals surface area contributed by atoms with Gasteiger partial charge in [-0.1, -0.05) is 41.9 Å². The van der Waals surface area contributed by atoms with Crippen LogP contribution in [0.4, 0.5) is 5.69 Å². The maximum absolute atomic E-state index is 11.6. The van der Waals surface area contributed by atoms with Gasteiger partial charge in [0.1, 0.15) is 0 Å². The van der Waals surface area contributed by atoms with Crippen LogP contribution in [-0.2, 0) is 4.74 Å². The van der Waals surface area contributed by atoms with Gasteiger partial charge in [-0.05, 0) is 42.9 Å². The molecule has 0 aliphatic carbocycles. The number of anilines is 1. The molecule has 0 fully saturated rings. The number of thiocarbonyl (C=S) groups is 1. The molecular formula is C17H17ClN2O2S. The Labute approximate surface area is 145 Å². The summed E-state index contributed by atoms with van der Waals surface area (Å²) in [6.07, 6.45) is 0. The Balaban J connectivity index is 2.06. The van der Waals surface area contributed by atoms with Gasteiger partial charge in [-0.3, -0.25) is 0 Å². The SMILES string of the molecule is COC(=O)c1ccc(Cl)c(NC(=S)NC(C)c2ccccc2)c1. The highest BCUT2D eigenvalue weighted by molar-refractivity contribution is 7.80. The topological polar surface area (TPSA) is 50.4 Å². The van der Waals surface area contributed by atoms with Crippen LogP contribution in [0.3, 0.4) is 0 Å². The molecule has 0 saturated carbocycles. The molecule has 4 nitrogen and oxygen atoms in total. The van der Waals surface area contributed by atoms with Crippen molar-refractivity contribution in [2.24, 2.45) is 0 Å². The third-order valence-corrected chi connectivity index (χ3v) is 3.83. The van der Waals surface area contributed by atoms with Crippen molar-refractivity contribution in [3.8, 4) is 0 Å². The Hall–Kier alpha value is -2.11. The lowest BCUT2D eigenvalue weighted by Crippen LogP contribution is -2.31. The van der Waals surface area contributed by atoms with E-state index in [4.69, 9.17) is 28.6 Å². The minimum atomic E-state index is -0.429. The lowest BCUT2D eigenvalue weighted by Gasteiger charge is -2.18. The van der Waals surface area contributed by atoms with E-state index in [-0.39, 0.29) is 6.04 Å². The summed E-state index contributed by atoms with van der Waals surface area (Å²) < 4.78 is 4.70. The van der Waals surface area contributed by atoms with Gasteiger partial charge in [0.25, 0.3) is 0 Å². The van der Waals surface area contributed by atoms with E-state index in [0.29, 0.717) is 21.4 Å². The number of ether oxygens (including phenoxy) is 1. The summed E-state index contributed by atoms with van der Waals surface area (Å²) in [5, 5.41) is 7.08. The van der Waals surface area contributed by atoms with E-state index >= 15 is 0 Å². The van der Waals surface area contributed by atoms with Gasteiger partial charge >= 0.3 is 5.97 Å². The average Bonchev–Trinajstić information content (AvgIpc) is 2.56. The predicted octanol–water partition coefficient (Wildman–Crippen LogP) is 4.17. The van der Waals surface area contributed by atoms with Gasteiger partial charge in [-0.2, -0.15) is 0 Å².